The van der Waals surface area contributed by atoms with Crippen LogP contribution in [0.3, 0.4) is 0 Å². The maximum Gasteiger partial charge on any atom is 0.411 e. The van der Waals surface area contributed by atoms with Gasteiger partial charge in [-0.15, -0.1) is 0 Å². The van der Waals surface area contributed by atoms with Crippen molar-refractivity contribution in [2.45, 2.75) is 39.0 Å². The molecular formula is C21H27N3O6. The number of carboxylic acids is 1. The molecular weight excluding hydrogens is 390 g/mol. The number of benzene rings is 1. The van der Waals surface area contributed by atoms with Crippen LogP contribution in [0.5, 0.6) is 0 Å². The smallest absolute Gasteiger partial charge is 0.411 e. The Morgan fingerprint density at radius 1 is 1.27 bits per heavy atom. The summed E-state index contributed by atoms with van der Waals surface area (Å²) in [4.78, 5) is 42.0. The summed E-state index contributed by atoms with van der Waals surface area (Å²) in [6, 6.07) is 7.89. The van der Waals surface area contributed by atoms with Crippen LogP contribution < -0.4 is 5.73 Å². The molecule has 1 fully saturated rings. The van der Waals surface area contributed by atoms with Crippen LogP contribution in [0.15, 0.2) is 46.6 Å². The quantitative estimate of drug-likeness (QED) is 0.698. The van der Waals surface area contributed by atoms with Crippen LogP contribution in [-0.2, 0) is 25.7 Å². The Morgan fingerprint density at radius 3 is 2.43 bits per heavy atom. The van der Waals surface area contributed by atoms with Gasteiger partial charge in [0.15, 0.2) is 11.8 Å². The van der Waals surface area contributed by atoms with Gasteiger partial charge in [0, 0.05) is 12.7 Å². The van der Waals surface area contributed by atoms with Gasteiger partial charge in [0.1, 0.15) is 5.60 Å². The number of nitrogens with two attached hydrogens (primary N) is 1. The van der Waals surface area contributed by atoms with Gasteiger partial charge in [-0.2, -0.15) is 0 Å². The van der Waals surface area contributed by atoms with Crippen molar-refractivity contribution in [2.24, 2.45) is 10.7 Å². The lowest BCUT2D eigenvalue weighted by Gasteiger charge is -2.35. The molecule has 1 aliphatic heterocycles. The van der Waals surface area contributed by atoms with Crippen molar-refractivity contribution >= 4 is 23.6 Å². The van der Waals surface area contributed by atoms with Crippen LogP contribution in [-0.4, -0.2) is 65.4 Å². The van der Waals surface area contributed by atoms with Gasteiger partial charge < -0.3 is 20.3 Å². The zero-order chi connectivity index (χ0) is 22.5. The number of piperidine rings is 1. The van der Waals surface area contributed by atoms with Crippen molar-refractivity contribution in [1.29, 1.82) is 0 Å². The number of carbonyl (C=O) groups is 3. The van der Waals surface area contributed by atoms with Crippen molar-refractivity contribution < 1.29 is 29.0 Å². The maximum atomic E-state index is 12.8. The van der Waals surface area contributed by atoms with Gasteiger partial charge in [0.05, 0.1) is 31.0 Å². The number of aliphatic carboxylic acids is 1. The zero-order valence-electron chi connectivity index (χ0n) is 17.5. The number of ether oxygens (including phenoxy) is 2. The predicted octanol–water partition coefficient (Wildman–Crippen LogP) is 1.76. The summed E-state index contributed by atoms with van der Waals surface area (Å²) in [5.41, 5.74) is 6.08. The summed E-state index contributed by atoms with van der Waals surface area (Å²) in [7, 11) is 1.34. The van der Waals surface area contributed by atoms with E-state index < -0.39 is 36.0 Å². The van der Waals surface area contributed by atoms with Gasteiger partial charge in [-0.25, -0.2) is 9.59 Å². The van der Waals surface area contributed by atoms with Crippen LogP contribution in [0.4, 0.5) is 4.79 Å². The summed E-state index contributed by atoms with van der Waals surface area (Å²) >= 11 is 0. The number of Topliss-reactive ketones (excluding diaryl/α,β-unsaturated/α-hetero) is 1. The van der Waals surface area contributed by atoms with Crippen molar-refractivity contribution in [1.82, 2.24) is 4.90 Å². The van der Waals surface area contributed by atoms with E-state index in [1.807, 2.05) is 30.3 Å². The first-order valence-electron chi connectivity index (χ1n) is 9.38. The number of aliphatic imine (C=N–C) groups is 1. The third kappa shape index (κ3) is 5.66. The number of carboxylic acid groups (broad SMARTS) is 1. The first-order chi connectivity index (χ1) is 14.0. The molecule has 30 heavy (non-hydrogen) atoms. The fourth-order valence-electron chi connectivity index (χ4n) is 3.00. The molecule has 9 heteroatoms. The fourth-order valence-corrected chi connectivity index (χ4v) is 3.00. The van der Waals surface area contributed by atoms with E-state index in [0.29, 0.717) is 0 Å². The fraction of sp³-hybridized carbons (Fsp3) is 0.429. The van der Waals surface area contributed by atoms with Crippen molar-refractivity contribution in [3.05, 3.63) is 47.2 Å². The Morgan fingerprint density at radius 2 is 1.90 bits per heavy atom. The number of nitrogens with zero attached hydrogens (tertiary/aromatic N) is 2. The number of likely N-dealkylation sites (tertiary alicyclic amines) is 1. The van der Waals surface area contributed by atoms with E-state index in [1.54, 1.807) is 20.8 Å². The molecule has 0 aromatic heterocycles. The SMILES string of the molecule is CN=C1C(=C(N)COCc2ccccc2)C(=O)CN(C(=O)OC(C)(C)C)C1C(=O)O. The van der Waals surface area contributed by atoms with E-state index in [2.05, 4.69) is 4.99 Å². The molecule has 1 aromatic carbocycles. The van der Waals surface area contributed by atoms with E-state index in [1.165, 1.54) is 7.05 Å². The molecule has 1 amide bonds. The highest BCUT2D eigenvalue weighted by Crippen LogP contribution is 2.23. The molecule has 0 bridgehead atoms. The lowest BCUT2D eigenvalue weighted by molar-refractivity contribution is -0.141. The second-order valence-electron chi connectivity index (χ2n) is 7.76. The number of rotatable bonds is 5. The molecule has 1 saturated heterocycles. The number of hydrogen-bond donors (Lipinski definition) is 2. The monoisotopic (exact) mass is 417 g/mol. The Labute approximate surface area is 175 Å². The molecule has 9 nitrogen and oxygen atoms in total. The molecule has 0 saturated carbocycles. The number of amides is 1. The van der Waals surface area contributed by atoms with Crippen LogP contribution >= 0.6 is 0 Å². The molecule has 0 aliphatic carbocycles. The van der Waals surface area contributed by atoms with E-state index >= 15 is 0 Å². The van der Waals surface area contributed by atoms with Gasteiger partial charge in [0.2, 0.25) is 0 Å². The number of hydrogen-bond acceptors (Lipinski definition) is 7. The highest BCUT2D eigenvalue weighted by atomic mass is 16.6. The lowest BCUT2D eigenvalue weighted by Crippen LogP contribution is -2.58. The highest BCUT2D eigenvalue weighted by Gasteiger charge is 2.45. The minimum atomic E-state index is -1.50. The van der Waals surface area contributed by atoms with Crippen molar-refractivity contribution in [2.75, 3.05) is 20.2 Å². The number of ketones is 1. The third-order valence-electron chi connectivity index (χ3n) is 4.21. The van der Waals surface area contributed by atoms with E-state index in [0.717, 1.165) is 10.5 Å². The van der Waals surface area contributed by atoms with Gasteiger partial charge in [-0.1, -0.05) is 30.3 Å². The lowest BCUT2D eigenvalue weighted by atomic mass is 9.91. The number of carbonyl (C=O) groups excluding carboxylic acids is 2. The molecule has 1 aliphatic rings. The third-order valence-corrected chi connectivity index (χ3v) is 4.21. The predicted molar refractivity (Wildman–Crippen MR) is 110 cm³/mol. The summed E-state index contributed by atoms with van der Waals surface area (Å²) in [5.74, 6) is -1.87. The normalized spacial score (nSPS) is 20.3. The molecule has 1 atom stereocenters. The van der Waals surface area contributed by atoms with E-state index in [9.17, 15) is 19.5 Å². The second-order valence-corrected chi connectivity index (χ2v) is 7.76. The molecule has 1 aromatic rings. The van der Waals surface area contributed by atoms with Crippen LogP contribution in [0.2, 0.25) is 0 Å². The summed E-state index contributed by atoms with van der Waals surface area (Å²) < 4.78 is 10.8. The van der Waals surface area contributed by atoms with Crippen molar-refractivity contribution in [3.8, 4) is 0 Å². The van der Waals surface area contributed by atoms with Gasteiger partial charge in [-0.3, -0.25) is 14.7 Å². The van der Waals surface area contributed by atoms with Gasteiger partial charge in [-0.05, 0) is 26.3 Å². The average molecular weight is 417 g/mol. The molecule has 0 spiro atoms. The molecule has 2 rings (SSSR count). The van der Waals surface area contributed by atoms with Crippen molar-refractivity contribution in [3.63, 3.8) is 0 Å². The summed E-state index contributed by atoms with van der Waals surface area (Å²) in [6.45, 7) is 4.64. The Kier molecular flexibility index (Phi) is 7.33. The molecule has 1 unspecified atom stereocenters. The van der Waals surface area contributed by atoms with E-state index in [-0.39, 0.29) is 30.2 Å². The first kappa shape index (κ1) is 23.1. The Bertz CT molecular complexity index is 870. The highest BCUT2D eigenvalue weighted by molar-refractivity contribution is 6.32. The van der Waals surface area contributed by atoms with Gasteiger partial charge >= 0.3 is 12.1 Å². The maximum absolute atomic E-state index is 12.8. The molecule has 162 valence electrons. The first-order valence-corrected chi connectivity index (χ1v) is 9.38. The minimum Gasteiger partial charge on any atom is -0.479 e. The van der Waals surface area contributed by atoms with E-state index in [4.69, 9.17) is 15.2 Å². The van der Waals surface area contributed by atoms with Crippen LogP contribution in [0.1, 0.15) is 26.3 Å². The van der Waals surface area contributed by atoms with Crippen LogP contribution in [0.25, 0.3) is 0 Å². The van der Waals surface area contributed by atoms with Gasteiger partial charge in [0.25, 0.3) is 0 Å². The largest absolute Gasteiger partial charge is 0.479 e. The Balaban J connectivity index is 2.27. The second kappa shape index (κ2) is 9.53. The molecule has 0 radical (unpaired) electrons. The zero-order valence-corrected chi connectivity index (χ0v) is 17.5. The molecule has 3 N–H and O–H groups in total. The summed E-state index contributed by atoms with van der Waals surface area (Å²) in [5, 5.41) is 9.73. The Hall–Kier alpha value is -3.20. The topological polar surface area (TPSA) is 132 Å². The summed E-state index contributed by atoms with van der Waals surface area (Å²) in [6.07, 6.45) is -0.914. The van der Waals surface area contributed by atoms with Crippen LogP contribution in [0, 0.1) is 0 Å². The standard InChI is InChI=1S/C21H27N3O6/c1-21(2,3)30-20(28)24-10-15(25)16(17(23-4)18(24)19(26)27)14(22)12-29-11-13-8-6-5-7-9-13/h5-9,18H,10-12,22H2,1-4H3,(H,26,27). The minimum absolute atomic E-state index is 0.0298. The average Bonchev–Trinajstić information content (AvgIpc) is 2.66. The molecule has 1 heterocycles.